The predicted octanol–water partition coefficient (Wildman–Crippen LogP) is 3.26. The van der Waals surface area contributed by atoms with E-state index in [0.29, 0.717) is 30.4 Å². The molecular weight excluding hydrogens is 291 g/mol. The van der Waals surface area contributed by atoms with Gasteiger partial charge in [0.05, 0.1) is 12.5 Å². The Hall–Kier alpha value is -0.890. The summed E-state index contributed by atoms with van der Waals surface area (Å²) in [5, 5.41) is 3.68. The number of hydrogen-bond donors (Lipinski definition) is 1. The van der Waals surface area contributed by atoms with Crippen LogP contribution in [0.1, 0.15) is 31.5 Å². The highest BCUT2D eigenvalue weighted by atomic mass is 32.1. The first kappa shape index (κ1) is 15.5. The molecule has 1 aromatic rings. The zero-order valence-corrected chi connectivity index (χ0v) is 12.1. The Bertz CT molecular complexity index is 424. The maximum Gasteiger partial charge on any atom is 0.391 e. The highest BCUT2D eigenvalue weighted by Gasteiger charge is 2.42. The van der Waals surface area contributed by atoms with Crippen LogP contribution in [-0.4, -0.2) is 35.3 Å². The van der Waals surface area contributed by atoms with E-state index in [9.17, 15) is 13.2 Å². The molecule has 1 fully saturated rings. The molecular formula is C12H18F3N3OS. The summed E-state index contributed by atoms with van der Waals surface area (Å²) >= 11 is 1.19. The molecule has 0 aliphatic heterocycles. The van der Waals surface area contributed by atoms with Crippen LogP contribution in [0.4, 0.5) is 18.3 Å². The molecule has 1 saturated carbocycles. The maximum absolute atomic E-state index is 12.7. The van der Waals surface area contributed by atoms with Crippen molar-refractivity contribution in [1.29, 1.82) is 0 Å². The fourth-order valence-corrected chi connectivity index (χ4v) is 3.09. The molecule has 2 rings (SSSR count). The number of nitrogens with zero attached hydrogens (tertiary/aromatic N) is 2. The van der Waals surface area contributed by atoms with Crippen molar-refractivity contribution < 1.29 is 17.9 Å². The van der Waals surface area contributed by atoms with Gasteiger partial charge in [-0.3, -0.25) is 0 Å². The molecule has 2 atom stereocenters. The van der Waals surface area contributed by atoms with E-state index in [-0.39, 0.29) is 18.9 Å². The van der Waals surface area contributed by atoms with Gasteiger partial charge in [0.1, 0.15) is 5.82 Å². The molecule has 0 amide bonds. The van der Waals surface area contributed by atoms with Gasteiger partial charge in [-0.05, 0) is 19.3 Å². The normalized spacial score (nSPS) is 23.8. The summed E-state index contributed by atoms with van der Waals surface area (Å²) in [4.78, 5) is 4.26. The van der Waals surface area contributed by atoms with Gasteiger partial charge in [-0.1, -0.05) is 6.42 Å². The Balaban J connectivity index is 1.87. The Morgan fingerprint density at radius 2 is 2.20 bits per heavy atom. The van der Waals surface area contributed by atoms with Crippen LogP contribution < -0.4 is 5.32 Å². The average Bonchev–Trinajstić information content (AvgIpc) is 2.83. The summed E-state index contributed by atoms with van der Waals surface area (Å²) in [6.45, 7) is 0.537. The van der Waals surface area contributed by atoms with Crippen molar-refractivity contribution in [2.75, 3.05) is 19.0 Å². The first-order valence-corrected chi connectivity index (χ1v) is 7.41. The minimum absolute atomic E-state index is 0.122. The topological polar surface area (TPSA) is 47.0 Å². The second-order valence-electron chi connectivity index (χ2n) is 5.00. The van der Waals surface area contributed by atoms with Gasteiger partial charge in [0, 0.05) is 31.1 Å². The average molecular weight is 309 g/mol. The molecule has 114 valence electrons. The first-order chi connectivity index (χ1) is 9.49. The lowest BCUT2D eigenvalue weighted by molar-refractivity contribution is -0.182. The second-order valence-corrected chi connectivity index (χ2v) is 5.76. The number of anilines is 1. The molecule has 0 saturated heterocycles. The smallest absolute Gasteiger partial charge is 0.384 e. The summed E-state index contributed by atoms with van der Waals surface area (Å²) in [7, 11) is 1.60. The number of halogens is 3. The third-order valence-corrected chi connectivity index (χ3v) is 4.15. The van der Waals surface area contributed by atoms with Gasteiger partial charge in [-0.15, -0.1) is 0 Å². The summed E-state index contributed by atoms with van der Waals surface area (Å²) in [5.41, 5.74) is 0. The van der Waals surface area contributed by atoms with Gasteiger partial charge in [-0.2, -0.15) is 17.5 Å². The molecule has 2 unspecified atom stereocenters. The molecule has 0 aromatic carbocycles. The van der Waals surface area contributed by atoms with Crippen LogP contribution in [-0.2, 0) is 11.2 Å². The minimum atomic E-state index is -4.09. The SMILES string of the molecule is COCCc1nsc(NC2CCCC(C(F)(F)F)C2)n1. The fourth-order valence-electron chi connectivity index (χ4n) is 2.40. The van der Waals surface area contributed by atoms with Crippen molar-refractivity contribution in [2.24, 2.45) is 5.92 Å². The van der Waals surface area contributed by atoms with E-state index in [0.717, 1.165) is 6.42 Å². The number of methoxy groups -OCH3 is 1. The number of ether oxygens (including phenoxy) is 1. The van der Waals surface area contributed by atoms with Crippen molar-refractivity contribution in [1.82, 2.24) is 9.36 Å². The third-order valence-electron chi connectivity index (χ3n) is 3.46. The van der Waals surface area contributed by atoms with Crippen molar-refractivity contribution in [3.63, 3.8) is 0 Å². The van der Waals surface area contributed by atoms with Crippen LogP contribution in [0.2, 0.25) is 0 Å². The lowest BCUT2D eigenvalue weighted by Gasteiger charge is -2.30. The first-order valence-electron chi connectivity index (χ1n) is 6.64. The standard InChI is InChI=1S/C12H18F3N3OS/c1-19-6-5-10-17-11(20-18-10)16-9-4-2-3-8(7-9)12(13,14)15/h8-9H,2-7H2,1H3,(H,16,17,18). The van der Waals surface area contributed by atoms with E-state index in [1.807, 2.05) is 0 Å². The quantitative estimate of drug-likeness (QED) is 0.907. The number of hydrogen-bond acceptors (Lipinski definition) is 5. The molecule has 1 aromatic heterocycles. The fraction of sp³-hybridized carbons (Fsp3) is 0.833. The molecule has 1 aliphatic rings. The highest BCUT2D eigenvalue weighted by Crippen LogP contribution is 2.38. The molecule has 1 heterocycles. The number of rotatable bonds is 5. The van der Waals surface area contributed by atoms with E-state index in [1.165, 1.54) is 11.5 Å². The Morgan fingerprint density at radius 3 is 2.90 bits per heavy atom. The monoisotopic (exact) mass is 309 g/mol. The zero-order valence-electron chi connectivity index (χ0n) is 11.2. The van der Waals surface area contributed by atoms with Gasteiger partial charge < -0.3 is 10.1 Å². The van der Waals surface area contributed by atoms with Crippen LogP contribution in [0, 0.1) is 5.92 Å². The lowest BCUT2D eigenvalue weighted by atomic mass is 9.85. The molecule has 0 radical (unpaired) electrons. The van der Waals surface area contributed by atoms with Crippen molar-refractivity contribution in [3.05, 3.63) is 5.82 Å². The van der Waals surface area contributed by atoms with Gasteiger partial charge >= 0.3 is 6.18 Å². The molecule has 8 heteroatoms. The molecule has 4 nitrogen and oxygen atoms in total. The number of alkyl halides is 3. The van der Waals surface area contributed by atoms with Gasteiger partial charge in [0.25, 0.3) is 0 Å². The third kappa shape index (κ3) is 4.31. The van der Waals surface area contributed by atoms with E-state index in [1.54, 1.807) is 7.11 Å². The van der Waals surface area contributed by atoms with Crippen LogP contribution in [0.25, 0.3) is 0 Å². The zero-order chi connectivity index (χ0) is 14.6. The van der Waals surface area contributed by atoms with Gasteiger partial charge in [0.15, 0.2) is 0 Å². The van der Waals surface area contributed by atoms with Crippen LogP contribution in [0.5, 0.6) is 0 Å². The summed E-state index contributed by atoms with van der Waals surface area (Å²) in [6, 6.07) is -0.168. The molecule has 1 aliphatic carbocycles. The van der Waals surface area contributed by atoms with E-state index in [2.05, 4.69) is 14.7 Å². The van der Waals surface area contributed by atoms with Gasteiger partial charge in [0.2, 0.25) is 5.13 Å². The van der Waals surface area contributed by atoms with E-state index >= 15 is 0 Å². The van der Waals surface area contributed by atoms with Crippen LogP contribution in [0.3, 0.4) is 0 Å². The Morgan fingerprint density at radius 1 is 1.40 bits per heavy atom. The number of aromatic nitrogens is 2. The van der Waals surface area contributed by atoms with Crippen molar-refractivity contribution in [2.45, 2.75) is 44.3 Å². The Labute approximate surface area is 119 Å². The van der Waals surface area contributed by atoms with Crippen molar-refractivity contribution in [3.8, 4) is 0 Å². The minimum Gasteiger partial charge on any atom is -0.384 e. The predicted molar refractivity (Wildman–Crippen MR) is 70.9 cm³/mol. The van der Waals surface area contributed by atoms with Crippen LogP contribution >= 0.6 is 11.5 Å². The molecule has 1 N–H and O–H groups in total. The van der Waals surface area contributed by atoms with E-state index in [4.69, 9.17) is 4.74 Å². The lowest BCUT2D eigenvalue weighted by Crippen LogP contribution is -2.34. The summed E-state index contributed by atoms with van der Waals surface area (Å²) in [5.74, 6) is -0.530. The summed E-state index contributed by atoms with van der Waals surface area (Å²) < 4.78 is 47.3. The molecule has 0 spiro atoms. The van der Waals surface area contributed by atoms with Crippen molar-refractivity contribution >= 4 is 16.7 Å². The number of nitrogens with one attached hydrogen (secondary N) is 1. The van der Waals surface area contributed by atoms with E-state index < -0.39 is 12.1 Å². The highest BCUT2D eigenvalue weighted by molar-refractivity contribution is 7.09. The molecule has 0 bridgehead atoms. The largest absolute Gasteiger partial charge is 0.391 e. The van der Waals surface area contributed by atoms with Gasteiger partial charge in [-0.25, -0.2) is 4.98 Å². The summed E-state index contributed by atoms with van der Waals surface area (Å²) in [6.07, 6.45) is -1.78. The van der Waals surface area contributed by atoms with Crippen LogP contribution in [0.15, 0.2) is 0 Å². The Kier molecular flexibility index (Phi) is 5.20. The molecule has 20 heavy (non-hydrogen) atoms. The maximum atomic E-state index is 12.7. The second kappa shape index (κ2) is 6.71.